The normalized spacial score (nSPS) is 29.4. The first-order valence-electron chi connectivity index (χ1n) is 6.97. The third-order valence-electron chi connectivity index (χ3n) is 4.07. The minimum Gasteiger partial charge on any atom is -0.317 e. The Hall–Kier alpha value is -0.120. The van der Waals surface area contributed by atoms with Crippen molar-refractivity contribution in [3.8, 4) is 0 Å². The molecule has 0 aromatic rings. The molecule has 16 heavy (non-hydrogen) atoms. The van der Waals surface area contributed by atoms with Crippen LogP contribution in [0.1, 0.15) is 32.1 Å². The SMILES string of the molecule is CN1CCCC(NCCC2CCNCC2)C1. The van der Waals surface area contributed by atoms with Crippen molar-refractivity contribution in [3.05, 3.63) is 0 Å². The molecule has 0 saturated carbocycles. The maximum Gasteiger partial charge on any atom is 0.0195 e. The molecular formula is C13H27N3. The van der Waals surface area contributed by atoms with Gasteiger partial charge in [0, 0.05) is 12.6 Å². The van der Waals surface area contributed by atoms with E-state index in [1.54, 1.807) is 0 Å². The number of nitrogens with zero attached hydrogens (tertiary/aromatic N) is 1. The van der Waals surface area contributed by atoms with Crippen molar-refractivity contribution in [1.29, 1.82) is 0 Å². The molecule has 0 aromatic carbocycles. The molecule has 2 heterocycles. The van der Waals surface area contributed by atoms with Gasteiger partial charge in [0.05, 0.1) is 0 Å². The molecule has 0 amide bonds. The predicted molar refractivity (Wildman–Crippen MR) is 68.7 cm³/mol. The van der Waals surface area contributed by atoms with Crippen molar-refractivity contribution in [2.45, 2.75) is 38.1 Å². The number of hydrogen-bond acceptors (Lipinski definition) is 3. The van der Waals surface area contributed by atoms with Gasteiger partial charge in [-0.2, -0.15) is 0 Å². The quantitative estimate of drug-likeness (QED) is 0.749. The minimum absolute atomic E-state index is 0.750. The largest absolute Gasteiger partial charge is 0.317 e. The highest BCUT2D eigenvalue weighted by atomic mass is 15.1. The van der Waals surface area contributed by atoms with Crippen LogP contribution in [0.15, 0.2) is 0 Å². The summed E-state index contributed by atoms with van der Waals surface area (Å²) in [4.78, 5) is 2.45. The van der Waals surface area contributed by atoms with Crippen LogP contribution in [0.3, 0.4) is 0 Å². The summed E-state index contributed by atoms with van der Waals surface area (Å²) in [7, 11) is 2.24. The van der Waals surface area contributed by atoms with Gasteiger partial charge in [-0.3, -0.25) is 0 Å². The zero-order valence-electron chi connectivity index (χ0n) is 10.7. The number of piperidine rings is 2. The number of likely N-dealkylation sites (N-methyl/N-ethyl adjacent to an activating group) is 1. The van der Waals surface area contributed by atoms with Crippen molar-refractivity contribution in [2.24, 2.45) is 5.92 Å². The van der Waals surface area contributed by atoms with Gasteiger partial charge < -0.3 is 15.5 Å². The molecule has 2 fully saturated rings. The Bertz CT molecular complexity index is 190. The molecule has 3 heteroatoms. The Labute approximate surface area is 100.0 Å². The highest BCUT2D eigenvalue weighted by Crippen LogP contribution is 2.15. The van der Waals surface area contributed by atoms with Crippen molar-refractivity contribution in [3.63, 3.8) is 0 Å². The predicted octanol–water partition coefficient (Wildman–Crippen LogP) is 1.06. The van der Waals surface area contributed by atoms with Crippen molar-refractivity contribution in [1.82, 2.24) is 15.5 Å². The van der Waals surface area contributed by atoms with Crippen molar-refractivity contribution >= 4 is 0 Å². The smallest absolute Gasteiger partial charge is 0.0195 e. The Balaban J connectivity index is 1.56. The molecule has 1 unspecified atom stereocenters. The molecule has 0 aliphatic carbocycles. The van der Waals surface area contributed by atoms with Gasteiger partial charge in [-0.1, -0.05) is 0 Å². The fourth-order valence-corrected chi connectivity index (χ4v) is 2.99. The number of hydrogen-bond donors (Lipinski definition) is 2. The molecule has 0 bridgehead atoms. The zero-order chi connectivity index (χ0) is 11.2. The Morgan fingerprint density at radius 1 is 1.25 bits per heavy atom. The maximum absolute atomic E-state index is 3.74. The molecule has 3 nitrogen and oxygen atoms in total. The molecule has 2 saturated heterocycles. The van der Waals surface area contributed by atoms with Crippen molar-refractivity contribution in [2.75, 3.05) is 39.8 Å². The summed E-state index contributed by atoms with van der Waals surface area (Å²) in [5.41, 5.74) is 0. The van der Waals surface area contributed by atoms with E-state index in [1.807, 2.05) is 0 Å². The van der Waals surface area contributed by atoms with Gasteiger partial charge in [-0.25, -0.2) is 0 Å². The molecule has 94 valence electrons. The molecular weight excluding hydrogens is 198 g/mol. The van der Waals surface area contributed by atoms with E-state index in [-0.39, 0.29) is 0 Å². The van der Waals surface area contributed by atoms with Crippen molar-refractivity contribution < 1.29 is 0 Å². The van der Waals surface area contributed by atoms with Gasteiger partial charge in [-0.05, 0) is 71.2 Å². The number of rotatable bonds is 4. The lowest BCUT2D eigenvalue weighted by molar-refractivity contribution is 0.223. The first kappa shape index (κ1) is 12.3. The molecule has 1 atom stereocenters. The fourth-order valence-electron chi connectivity index (χ4n) is 2.99. The second-order valence-electron chi connectivity index (χ2n) is 5.54. The van der Waals surface area contributed by atoms with Crippen LogP contribution in [0, 0.1) is 5.92 Å². The van der Waals surface area contributed by atoms with E-state index < -0.39 is 0 Å². The van der Waals surface area contributed by atoms with Gasteiger partial charge in [0.25, 0.3) is 0 Å². The lowest BCUT2D eigenvalue weighted by atomic mass is 9.94. The Morgan fingerprint density at radius 3 is 2.81 bits per heavy atom. The summed E-state index contributed by atoms with van der Waals surface area (Å²) in [5, 5.41) is 7.17. The van der Waals surface area contributed by atoms with Crippen LogP contribution in [-0.4, -0.2) is 50.7 Å². The molecule has 2 aliphatic rings. The highest BCUT2D eigenvalue weighted by molar-refractivity contribution is 4.77. The average Bonchev–Trinajstić information content (AvgIpc) is 2.30. The Kier molecular flexibility index (Phi) is 5.07. The Morgan fingerprint density at radius 2 is 2.06 bits per heavy atom. The van der Waals surface area contributed by atoms with E-state index in [1.165, 1.54) is 64.8 Å². The van der Waals surface area contributed by atoms with E-state index in [2.05, 4.69) is 22.6 Å². The van der Waals surface area contributed by atoms with Crippen LogP contribution in [0.4, 0.5) is 0 Å². The fraction of sp³-hybridized carbons (Fsp3) is 1.00. The van der Waals surface area contributed by atoms with Crippen LogP contribution >= 0.6 is 0 Å². The lowest BCUT2D eigenvalue weighted by Gasteiger charge is -2.31. The molecule has 2 aliphatic heterocycles. The summed E-state index contributed by atoms with van der Waals surface area (Å²) in [6, 6.07) is 0.750. The van der Waals surface area contributed by atoms with Crippen LogP contribution in [0.2, 0.25) is 0 Å². The second-order valence-corrected chi connectivity index (χ2v) is 5.54. The summed E-state index contributed by atoms with van der Waals surface area (Å²) in [5.74, 6) is 0.968. The molecule has 0 aromatic heterocycles. The topological polar surface area (TPSA) is 27.3 Å². The van der Waals surface area contributed by atoms with E-state index in [4.69, 9.17) is 0 Å². The molecule has 0 spiro atoms. The van der Waals surface area contributed by atoms with Gasteiger partial charge >= 0.3 is 0 Å². The maximum atomic E-state index is 3.74. The van der Waals surface area contributed by atoms with E-state index in [0.29, 0.717) is 0 Å². The van der Waals surface area contributed by atoms with Gasteiger partial charge in [-0.15, -0.1) is 0 Å². The second kappa shape index (κ2) is 6.58. The highest BCUT2D eigenvalue weighted by Gasteiger charge is 2.17. The minimum atomic E-state index is 0.750. The van der Waals surface area contributed by atoms with E-state index >= 15 is 0 Å². The number of likely N-dealkylation sites (tertiary alicyclic amines) is 1. The summed E-state index contributed by atoms with van der Waals surface area (Å²) in [6.07, 6.45) is 6.87. The summed E-state index contributed by atoms with van der Waals surface area (Å²) >= 11 is 0. The van der Waals surface area contributed by atoms with Gasteiger partial charge in [0.1, 0.15) is 0 Å². The van der Waals surface area contributed by atoms with E-state index in [9.17, 15) is 0 Å². The third kappa shape index (κ3) is 4.04. The first-order chi connectivity index (χ1) is 7.84. The van der Waals surface area contributed by atoms with E-state index in [0.717, 1.165) is 12.0 Å². The van der Waals surface area contributed by atoms with Crippen LogP contribution in [0.5, 0.6) is 0 Å². The lowest BCUT2D eigenvalue weighted by Crippen LogP contribution is -2.44. The van der Waals surface area contributed by atoms with Gasteiger partial charge in [0.15, 0.2) is 0 Å². The van der Waals surface area contributed by atoms with Gasteiger partial charge in [0.2, 0.25) is 0 Å². The standard InChI is InChI=1S/C13H27N3/c1-16-10-2-3-13(11-16)15-9-6-12-4-7-14-8-5-12/h12-15H,2-11H2,1H3. The monoisotopic (exact) mass is 225 g/mol. The average molecular weight is 225 g/mol. The third-order valence-corrected chi connectivity index (χ3v) is 4.07. The molecule has 2 N–H and O–H groups in total. The first-order valence-corrected chi connectivity index (χ1v) is 6.97. The number of nitrogens with one attached hydrogen (secondary N) is 2. The molecule has 0 radical (unpaired) electrons. The van der Waals surface area contributed by atoms with Crippen LogP contribution < -0.4 is 10.6 Å². The van der Waals surface area contributed by atoms with Crippen LogP contribution in [-0.2, 0) is 0 Å². The zero-order valence-corrected chi connectivity index (χ0v) is 10.7. The van der Waals surface area contributed by atoms with Crippen LogP contribution in [0.25, 0.3) is 0 Å². The summed E-state index contributed by atoms with van der Waals surface area (Å²) < 4.78 is 0. The summed E-state index contributed by atoms with van der Waals surface area (Å²) in [6.45, 7) is 6.22. The molecule has 2 rings (SSSR count).